The van der Waals surface area contributed by atoms with Gasteiger partial charge in [-0.3, -0.25) is 0 Å². The fourth-order valence-corrected chi connectivity index (χ4v) is 2.47. The van der Waals surface area contributed by atoms with Crippen LogP contribution in [0.25, 0.3) is 11.3 Å². The second-order valence-electron chi connectivity index (χ2n) is 2.71. The standard InChI is InChI=1S/C10H7Br2N/c11-7-3-4-8(9(12)6-7)10-2-1-5-13-10/h1-6,13H. The van der Waals surface area contributed by atoms with E-state index < -0.39 is 0 Å². The summed E-state index contributed by atoms with van der Waals surface area (Å²) in [5.41, 5.74) is 2.30. The van der Waals surface area contributed by atoms with Crippen molar-refractivity contribution in [3.8, 4) is 11.3 Å². The lowest BCUT2D eigenvalue weighted by Crippen LogP contribution is -1.78. The molecule has 0 saturated heterocycles. The lowest BCUT2D eigenvalue weighted by molar-refractivity contribution is 1.39. The van der Waals surface area contributed by atoms with Crippen LogP contribution in [0.1, 0.15) is 0 Å². The Morgan fingerprint density at radius 2 is 1.92 bits per heavy atom. The Morgan fingerprint density at radius 1 is 1.08 bits per heavy atom. The van der Waals surface area contributed by atoms with Crippen molar-refractivity contribution in [2.45, 2.75) is 0 Å². The van der Waals surface area contributed by atoms with Crippen molar-refractivity contribution < 1.29 is 0 Å². The van der Waals surface area contributed by atoms with Gasteiger partial charge in [-0.05, 0) is 24.3 Å². The summed E-state index contributed by atoms with van der Waals surface area (Å²) < 4.78 is 2.17. The molecule has 66 valence electrons. The molecule has 1 heterocycles. The number of aromatic nitrogens is 1. The first-order valence-electron chi connectivity index (χ1n) is 3.86. The van der Waals surface area contributed by atoms with Crippen molar-refractivity contribution in [1.29, 1.82) is 0 Å². The average Bonchev–Trinajstić information content (AvgIpc) is 2.56. The summed E-state index contributed by atoms with van der Waals surface area (Å²) >= 11 is 6.94. The first-order valence-corrected chi connectivity index (χ1v) is 5.45. The normalized spacial score (nSPS) is 10.3. The molecular weight excluding hydrogens is 294 g/mol. The minimum atomic E-state index is 1.08. The van der Waals surface area contributed by atoms with Crippen LogP contribution in [-0.4, -0.2) is 4.98 Å². The Hall–Kier alpha value is -0.540. The molecule has 0 aliphatic heterocycles. The summed E-state index contributed by atoms with van der Waals surface area (Å²) in [5.74, 6) is 0. The largest absolute Gasteiger partial charge is 0.361 e. The zero-order chi connectivity index (χ0) is 9.26. The first-order chi connectivity index (χ1) is 6.27. The Morgan fingerprint density at radius 3 is 2.54 bits per heavy atom. The van der Waals surface area contributed by atoms with Gasteiger partial charge in [0.15, 0.2) is 0 Å². The molecule has 2 aromatic rings. The number of aromatic amines is 1. The van der Waals surface area contributed by atoms with Crippen LogP contribution in [0.2, 0.25) is 0 Å². The highest BCUT2D eigenvalue weighted by molar-refractivity contribution is 9.11. The molecule has 0 aliphatic rings. The molecule has 1 aromatic carbocycles. The van der Waals surface area contributed by atoms with Crippen LogP contribution in [0.3, 0.4) is 0 Å². The van der Waals surface area contributed by atoms with Crippen LogP contribution in [-0.2, 0) is 0 Å². The van der Waals surface area contributed by atoms with Crippen molar-refractivity contribution in [3.63, 3.8) is 0 Å². The quantitative estimate of drug-likeness (QED) is 0.812. The summed E-state index contributed by atoms with van der Waals surface area (Å²) in [6.45, 7) is 0. The van der Waals surface area contributed by atoms with Gasteiger partial charge in [-0.25, -0.2) is 0 Å². The van der Waals surface area contributed by atoms with Crippen molar-refractivity contribution in [2.75, 3.05) is 0 Å². The predicted octanol–water partition coefficient (Wildman–Crippen LogP) is 4.21. The third-order valence-electron chi connectivity index (χ3n) is 1.82. The maximum absolute atomic E-state index is 3.52. The van der Waals surface area contributed by atoms with Crippen molar-refractivity contribution >= 4 is 31.9 Å². The molecule has 3 heteroatoms. The summed E-state index contributed by atoms with van der Waals surface area (Å²) in [4.78, 5) is 3.17. The SMILES string of the molecule is Brc1ccc(-c2ccc[nH]2)c(Br)c1. The topological polar surface area (TPSA) is 15.8 Å². The Balaban J connectivity index is 2.53. The van der Waals surface area contributed by atoms with Gasteiger partial charge in [-0.1, -0.05) is 37.9 Å². The third-order valence-corrected chi connectivity index (χ3v) is 2.97. The van der Waals surface area contributed by atoms with E-state index in [1.54, 1.807) is 0 Å². The van der Waals surface area contributed by atoms with Gasteiger partial charge in [0, 0.05) is 26.4 Å². The molecule has 0 spiro atoms. The van der Waals surface area contributed by atoms with E-state index in [1.807, 2.05) is 30.5 Å². The van der Waals surface area contributed by atoms with Gasteiger partial charge < -0.3 is 4.98 Å². The van der Waals surface area contributed by atoms with E-state index in [-0.39, 0.29) is 0 Å². The van der Waals surface area contributed by atoms with Gasteiger partial charge in [0.2, 0.25) is 0 Å². The fraction of sp³-hybridized carbons (Fsp3) is 0. The van der Waals surface area contributed by atoms with Gasteiger partial charge in [0.25, 0.3) is 0 Å². The highest BCUT2D eigenvalue weighted by Gasteiger charge is 2.02. The molecule has 0 amide bonds. The van der Waals surface area contributed by atoms with E-state index in [1.165, 1.54) is 5.56 Å². The molecule has 0 saturated carbocycles. The molecule has 0 radical (unpaired) electrons. The molecule has 0 unspecified atom stereocenters. The van der Waals surface area contributed by atoms with E-state index in [0.29, 0.717) is 0 Å². The van der Waals surface area contributed by atoms with Crippen LogP contribution in [0, 0.1) is 0 Å². The molecule has 0 atom stereocenters. The van der Waals surface area contributed by atoms with Crippen molar-refractivity contribution in [1.82, 2.24) is 4.98 Å². The van der Waals surface area contributed by atoms with Gasteiger partial charge in [-0.15, -0.1) is 0 Å². The number of nitrogens with one attached hydrogen (secondary N) is 1. The number of H-pyrrole nitrogens is 1. The number of rotatable bonds is 1. The lowest BCUT2D eigenvalue weighted by Gasteiger charge is -2.01. The molecule has 1 N–H and O–H groups in total. The predicted molar refractivity (Wildman–Crippen MR) is 61.6 cm³/mol. The van der Waals surface area contributed by atoms with E-state index in [0.717, 1.165) is 14.6 Å². The third kappa shape index (κ3) is 1.86. The molecule has 0 bridgehead atoms. The molecule has 0 aliphatic carbocycles. The van der Waals surface area contributed by atoms with E-state index in [4.69, 9.17) is 0 Å². The Kier molecular flexibility index (Phi) is 2.56. The van der Waals surface area contributed by atoms with Gasteiger partial charge in [-0.2, -0.15) is 0 Å². The maximum atomic E-state index is 3.52. The fourth-order valence-electron chi connectivity index (χ4n) is 1.21. The van der Waals surface area contributed by atoms with Crippen molar-refractivity contribution in [2.24, 2.45) is 0 Å². The van der Waals surface area contributed by atoms with Crippen LogP contribution >= 0.6 is 31.9 Å². The van der Waals surface area contributed by atoms with Crippen LogP contribution in [0.15, 0.2) is 45.5 Å². The van der Waals surface area contributed by atoms with E-state index in [9.17, 15) is 0 Å². The number of hydrogen-bond acceptors (Lipinski definition) is 0. The second kappa shape index (κ2) is 3.68. The zero-order valence-corrected chi connectivity index (χ0v) is 9.89. The molecule has 1 nitrogen and oxygen atoms in total. The first kappa shape index (κ1) is 9.03. The monoisotopic (exact) mass is 299 g/mol. The molecule has 2 rings (SSSR count). The van der Waals surface area contributed by atoms with Gasteiger partial charge in [0.1, 0.15) is 0 Å². The van der Waals surface area contributed by atoms with E-state index in [2.05, 4.69) is 42.9 Å². The lowest BCUT2D eigenvalue weighted by atomic mass is 10.2. The second-order valence-corrected chi connectivity index (χ2v) is 4.48. The van der Waals surface area contributed by atoms with Crippen LogP contribution in [0.4, 0.5) is 0 Å². The molecule has 1 aromatic heterocycles. The smallest absolute Gasteiger partial charge is 0.0465 e. The van der Waals surface area contributed by atoms with Gasteiger partial charge >= 0.3 is 0 Å². The Bertz CT molecular complexity index is 407. The van der Waals surface area contributed by atoms with E-state index >= 15 is 0 Å². The highest BCUT2D eigenvalue weighted by atomic mass is 79.9. The summed E-state index contributed by atoms with van der Waals surface area (Å²) in [6, 6.07) is 10.2. The highest BCUT2D eigenvalue weighted by Crippen LogP contribution is 2.29. The summed E-state index contributed by atoms with van der Waals surface area (Å²) in [6.07, 6.45) is 1.92. The van der Waals surface area contributed by atoms with Crippen LogP contribution < -0.4 is 0 Å². The Labute approximate surface area is 93.4 Å². The molecule has 13 heavy (non-hydrogen) atoms. The summed E-state index contributed by atoms with van der Waals surface area (Å²) in [5, 5.41) is 0. The van der Waals surface area contributed by atoms with Gasteiger partial charge in [0.05, 0.1) is 0 Å². The van der Waals surface area contributed by atoms with Crippen molar-refractivity contribution in [3.05, 3.63) is 45.5 Å². The summed E-state index contributed by atoms with van der Waals surface area (Å²) in [7, 11) is 0. The molecule has 0 fully saturated rings. The average molecular weight is 301 g/mol. The zero-order valence-electron chi connectivity index (χ0n) is 6.72. The number of halogens is 2. The van der Waals surface area contributed by atoms with Crippen LogP contribution in [0.5, 0.6) is 0 Å². The number of benzene rings is 1. The minimum absolute atomic E-state index is 1.08. The number of hydrogen-bond donors (Lipinski definition) is 1. The minimum Gasteiger partial charge on any atom is -0.361 e. The maximum Gasteiger partial charge on any atom is 0.0465 e. The molecular formula is C10H7Br2N.